The maximum absolute atomic E-state index is 5.75. The maximum Gasteiger partial charge on any atom is 0.127 e. The Hall–Kier alpha value is -1.91. The van der Waals surface area contributed by atoms with Crippen molar-refractivity contribution in [2.45, 2.75) is 29.6 Å². The molecule has 0 unspecified atom stereocenters. The van der Waals surface area contributed by atoms with Crippen LogP contribution in [0.25, 0.3) is 5.57 Å². The summed E-state index contributed by atoms with van der Waals surface area (Å²) in [4.78, 5) is 4.95. The molecule has 0 atom stereocenters. The number of methoxy groups -OCH3 is 1. The van der Waals surface area contributed by atoms with Gasteiger partial charge in [-0.2, -0.15) is 0 Å². The van der Waals surface area contributed by atoms with Gasteiger partial charge in [-0.1, -0.05) is 23.4 Å². The number of hydrogen-bond acceptors (Lipinski definition) is 4. The van der Waals surface area contributed by atoms with Crippen LogP contribution in [0.15, 0.2) is 51.8 Å². The summed E-state index contributed by atoms with van der Waals surface area (Å²) in [6.45, 7) is 4.94. The topological polar surface area (TPSA) is 21.7 Å². The average molecular weight is 368 g/mol. The van der Waals surface area contributed by atoms with E-state index in [1.807, 2.05) is 18.7 Å². The van der Waals surface area contributed by atoms with E-state index < -0.39 is 0 Å². The first-order valence-corrected chi connectivity index (χ1v) is 10.1. The Balaban J connectivity index is 1.90. The summed E-state index contributed by atoms with van der Waals surface area (Å²) in [5.41, 5.74) is 5.49. The highest BCUT2D eigenvalue weighted by molar-refractivity contribution is 7.99. The third kappa shape index (κ3) is 3.12. The van der Waals surface area contributed by atoms with Crippen LogP contribution in [0.5, 0.6) is 11.5 Å². The molecule has 0 spiro atoms. The standard InChI is InChI=1S/C22H25NO2S/c1-4-25-16-8-9-17-20(14-16)26-19-7-5-6-18(24-3)22(19)21(17)15-10-12-23(2)13-11-15/h5-9,14H,4,10-13H2,1-3H3. The van der Waals surface area contributed by atoms with Crippen LogP contribution >= 0.6 is 11.8 Å². The molecular formula is C22H25NO2S. The number of hydrogen-bond donors (Lipinski definition) is 0. The second-order valence-corrected chi connectivity index (χ2v) is 7.89. The van der Waals surface area contributed by atoms with Crippen LogP contribution in [0.4, 0.5) is 0 Å². The van der Waals surface area contributed by atoms with E-state index in [4.69, 9.17) is 9.47 Å². The Morgan fingerprint density at radius 2 is 1.88 bits per heavy atom. The molecule has 0 bridgehead atoms. The fourth-order valence-corrected chi connectivity index (χ4v) is 4.96. The van der Waals surface area contributed by atoms with Crippen LogP contribution in [-0.2, 0) is 0 Å². The predicted molar refractivity (Wildman–Crippen MR) is 107 cm³/mol. The van der Waals surface area contributed by atoms with Gasteiger partial charge in [-0.05, 0) is 68.3 Å². The van der Waals surface area contributed by atoms with Crippen molar-refractivity contribution in [1.82, 2.24) is 4.90 Å². The third-order valence-electron chi connectivity index (χ3n) is 5.16. The second-order valence-electron chi connectivity index (χ2n) is 6.81. The Labute approximate surface area is 160 Å². The lowest BCUT2D eigenvalue weighted by Crippen LogP contribution is -2.27. The van der Waals surface area contributed by atoms with E-state index in [1.54, 1.807) is 12.7 Å². The summed E-state index contributed by atoms with van der Waals surface area (Å²) >= 11 is 1.82. The molecule has 4 heteroatoms. The molecule has 3 nitrogen and oxygen atoms in total. The van der Waals surface area contributed by atoms with E-state index >= 15 is 0 Å². The Bertz CT molecular complexity index is 849. The lowest BCUT2D eigenvalue weighted by atomic mass is 9.87. The minimum absolute atomic E-state index is 0.689. The number of piperidine rings is 1. The largest absolute Gasteiger partial charge is 0.496 e. The van der Waals surface area contributed by atoms with Gasteiger partial charge in [-0.15, -0.1) is 0 Å². The number of benzene rings is 2. The molecule has 0 aliphatic carbocycles. The van der Waals surface area contributed by atoms with Gasteiger partial charge in [-0.25, -0.2) is 0 Å². The molecule has 2 aromatic rings. The van der Waals surface area contributed by atoms with Crippen LogP contribution in [0.1, 0.15) is 30.9 Å². The number of nitrogens with zero attached hydrogens (tertiary/aromatic N) is 1. The van der Waals surface area contributed by atoms with Crippen molar-refractivity contribution in [3.05, 3.63) is 53.1 Å². The van der Waals surface area contributed by atoms with Gasteiger partial charge in [-0.3, -0.25) is 0 Å². The summed E-state index contributed by atoms with van der Waals surface area (Å²) < 4.78 is 11.5. The highest BCUT2D eigenvalue weighted by Crippen LogP contribution is 2.51. The first kappa shape index (κ1) is 17.5. The fourth-order valence-electron chi connectivity index (χ4n) is 3.82. The van der Waals surface area contributed by atoms with Crippen LogP contribution < -0.4 is 9.47 Å². The smallest absolute Gasteiger partial charge is 0.127 e. The normalized spacial score (nSPS) is 16.9. The first-order chi connectivity index (χ1) is 12.7. The minimum Gasteiger partial charge on any atom is -0.496 e. The summed E-state index contributed by atoms with van der Waals surface area (Å²) in [5, 5.41) is 0. The molecule has 0 saturated carbocycles. The van der Waals surface area contributed by atoms with Crippen molar-refractivity contribution in [3.63, 3.8) is 0 Å². The Kier molecular flexibility index (Phi) is 4.96. The number of ether oxygens (including phenoxy) is 2. The quantitative estimate of drug-likeness (QED) is 0.643. The minimum atomic E-state index is 0.689. The van der Waals surface area contributed by atoms with Crippen LogP contribution in [-0.4, -0.2) is 38.8 Å². The van der Waals surface area contributed by atoms with Gasteiger partial charge in [0.25, 0.3) is 0 Å². The molecule has 1 saturated heterocycles. The van der Waals surface area contributed by atoms with Crippen LogP contribution in [0.3, 0.4) is 0 Å². The van der Waals surface area contributed by atoms with E-state index in [2.05, 4.69) is 48.3 Å². The average Bonchev–Trinajstić information content (AvgIpc) is 2.66. The Morgan fingerprint density at radius 1 is 1.08 bits per heavy atom. The number of rotatable bonds is 3. The monoisotopic (exact) mass is 367 g/mol. The van der Waals surface area contributed by atoms with Crippen molar-refractivity contribution in [3.8, 4) is 11.5 Å². The SMILES string of the molecule is CCOc1ccc2c(c1)Sc1cccc(OC)c1C2=C1CCN(C)CC1. The van der Waals surface area contributed by atoms with Gasteiger partial charge in [0.2, 0.25) is 0 Å². The molecule has 26 heavy (non-hydrogen) atoms. The first-order valence-electron chi connectivity index (χ1n) is 9.24. The molecule has 4 rings (SSSR count). The number of likely N-dealkylation sites (tertiary alicyclic amines) is 1. The molecule has 2 aliphatic heterocycles. The summed E-state index contributed by atoms with van der Waals surface area (Å²) in [7, 11) is 3.97. The predicted octanol–water partition coefficient (Wildman–Crippen LogP) is 5.09. The highest BCUT2D eigenvalue weighted by Gasteiger charge is 2.28. The zero-order chi connectivity index (χ0) is 18.1. The third-order valence-corrected chi connectivity index (χ3v) is 6.27. The molecule has 0 amide bonds. The molecule has 2 aliphatic rings. The molecule has 2 heterocycles. The summed E-state index contributed by atoms with van der Waals surface area (Å²) in [5.74, 6) is 1.91. The molecule has 0 radical (unpaired) electrons. The van der Waals surface area contributed by atoms with Gasteiger partial charge >= 0.3 is 0 Å². The second kappa shape index (κ2) is 7.37. The fraction of sp³-hybridized carbons (Fsp3) is 0.364. The van der Waals surface area contributed by atoms with Gasteiger partial charge in [0, 0.05) is 28.4 Å². The zero-order valence-electron chi connectivity index (χ0n) is 15.7. The molecule has 136 valence electrons. The van der Waals surface area contributed by atoms with Gasteiger partial charge in [0.15, 0.2) is 0 Å². The number of fused-ring (bicyclic) bond motifs is 2. The van der Waals surface area contributed by atoms with Crippen molar-refractivity contribution in [1.29, 1.82) is 0 Å². The van der Waals surface area contributed by atoms with E-state index in [-0.39, 0.29) is 0 Å². The maximum atomic E-state index is 5.75. The zero-order valence-corrected chi connectivity index (χ0v) is 16.5. The lowest BCUT2D eigenvalue weighted by Gasteiger charge is -2.31. The molecule has 0 aromatic heterocycles. The van der Waals surface area contributed by atoms with Crippen molar-refractivity contribution >= 4 is 17.3 Å². The molecule has 0 N–H and O–H groups in total. The lowest BCUT2D eigenvalue weighted by molar-refractivity contribution is 0.313. The molecular weight excluding hydrogens is 342 g/mol. The van der Waals surface area contributed by atoms with E-state index in [0.717, 1.165) is 37.4 Å². The Morgan fingerprint density at radius 3 is 2.62 bits per heavy atom. The van der Waals surface area contributed by atoms with Gasteiger partial charge in [0.05, 0.1) is 13.7 Å². The van der Waals surface area contributed by atoms with Crippen LogP contribution in [0, 0.1) is 0 Å². The summed E-state index contributed by atoms with van der Waals surface area (Å²) in [6, 6.07) is 12.9. The summed E-state index contributed by atoms with van der Waals surface area (Å²) in [6.07, 6.45) is 2.22. The molecule has 1 fully saturated rings. The van der Waals surface area contributed by atoms with Gasteiger partial charge < -0.3 is 14.4 Å². The van der Waals surface area contributed by atoms with Gasteiger partial charge in [0.1, 0.15) is 11.5 Å². The highest BCUT2D eigenvalue weighted by atomic mass is 32.2. The van der Waals surface area contributed by atoms with E-state index in [9.17, 15) is 0 Å². The van der Waals surface area contributed by atoms with E-state index in [0.29, 0.717) is 6.61 Å². The van der Waals surface area contributed by atoms with Crippen LogP contribution in [0.2, 0.25) is 0 Å². The van der Waals surface area contributed by atoms with Crippen molar-refractivity contribution < 1.29 is 9.47 Å². The van der Waals surface area contributed by atoms with Crippen molar-refractivity contribution in [2.75, 3.05) is 33.9 Å². The van der Waals surface area contributed by atoms with Crippen molar-refractivity contribution in [2.24, 2.45) is 0 Å². The van der Waals surface area contributed by atoms with E-state index in [1.165, 1.54) is 26.5 Å². The molecule has 2 aromatic carbocycles.